The quantitative estimate of drug-likeness (QED) is 0.488. The first-order valence-electron chi connectivity index (χ1n) is 7.56. The van der Waals surface area contributed by atoms with Crippen LogP contribution in [0.5, 0.6) is 0 Å². The lowest BCUT2D eigenvalue weighted by Crippen LogP contribution is -2.14. The second-order valence-electron chi connectivity index (χ2n) is 5.26. The molecule has 0 aliphatic rings. The van der Waals surface area contributed by atoms with Crippen LogP contribution in [0.2, 0.25) is 0 Å². The standard InChI is InChI=1S/C19H15F2NO4/c1-12(23)22-14-7-8-15(17(21)10-14)18(24)11-26-19(25)9-6-13-4-2-3-5-16(13)20/h2-10H,11H2,1H3,(H,22,23)/b9-6+. The number of carbonyl (C=O) groups excluding carboxylic acids is 3. The van der Waals surface area contributed by atoms with Crippen molar-refractivity contribution >= 4 is 29.4 Å². The van der Waals surface area contributed by atoms with Gasteiger partial charge in [-0.2, -0.15) is 0 Å². The average Bonchev–Trinajstić information content (AvgIpc) is 2.58. The maximum atomic E-state index is 13.9. The van der Waals surface area contributed by atoms with E-state index in [-0.39, 0.29) is 22.7 Å². The van der Waals surface area contributed by atoms with Crippen LogP contribution in [0.25, 0.3) is 6.08 Å². The highest BCUT2D eigenvalue weighted by molar-refractivity contribution is 5.99. The fourth-order valence-electron chi connectivity index (χ4n) is 2.05. The first kappa shape index (κ1) is 19.0. The Balaban J connectivity index is 1.95. The molecule has 2 aromatic carbocycles. The van der Waals surface area contributed by atoms with Crippen molar-refractivity contribution in [3.63, 3.8) is 0 Å². The van der Waals surface area contributed by atoms with E-state index in [1.165, 1.54) is 43.3 Å². The maximum Gasteiger partial charge on any atom is 0.331 e. The lowest BCUT2D eigenvalue weighted by Gasteiger charge is -2.06. The van der Waals surface area contributed by atoms with Gasteiger partial charge in [0.2, 0.25) is 11.7 Å². The highest BCUT2D eigenvalue weighted by Crippen LogP contribution is 2.15. The third kappa shape index (κ3) is 5.34. The van der Waals surface area contributed by atoms with Gasteiger partial charge < -0.3 is 10.1 Å². The SMILES string of the molecule is CC(=O)Nc1ccc(C(=O)COC(=O)/C=C/c2ccccc2F)c(F)c1. The normalized spacial score (nSPS) is 10.6. The molecule has 0 saturated heterocycles. The molecule has 7 heteroatoms. The average molecular weight is 359 g/mol. The van der Waals surface area contributed by atoms with Gasteiger partial charge in [-0.1, -0.05) is 18.2 Å². The van der Waals surface area contributed by atoms with Gasteiger partial charge in [0, 0.05) is 24.3 Å². The van der Waals surface area contributed by atoms with Crippen molar-refractivity contribution in [2.24, 2.45) is 0 Å². The van der Waals surface area contributed by atoms with Crippen LogP contribution in [-0.4, -0.2) is 24.3 Å². The topological polar surface area (TPSA) is 72.5 Å². The number of benzene rings is 2. The maximum absolute atomic E-state index is 13.9. The molecule has 26 heavy (non-hydrogen) atoms. The third-order valence-electron chi connectivity index (χ3n) is 3.24. The number of anilines is 1. The number of ketones is 1. The highest BCUT2D eigenvalue weighted by atomic mass is 19.1. The summed E-state index contributed by atoms with van der Waals surface area (Å²) in [7, 11) is 0. The van der Waals surface area contributed by atoms with E-state index in [1.54, 1.807) is 6.07 Å². The van der Waals surface area contributed by atoms with Gasteiger partial charge in [-0.3, -0.25) is 9.59 Å². The molecule has 2 aromatic rings. The molecule has 0 unspecified atom stereocenters. The minimum Gasteiger partial charge on any atom is -0.454 e. The third-order valence-corrected chi connectivity index (χ3v) is 3.24. The molecule has 0 aromatic heterocycles. The van der Waals surface area contributed by atoms with Gasteiger partial charge in [0.25, 0.3) is 0 Å². The Morgan fingerprint density at radius 1 is 1.08 bits per heavy atom. The Labute approximate surface area is 148 Å². The molecule has 0 fully saturated rings. The van der Waals surface area contributed by atoms with Gasteiger partial charge >= 0.3 is 5.97 Å². The summed E-state index contributed by atoms with van der Waals surface area (Å²) < 4.78 is 32.1. The van der Waals surface area contributed by atoms with Crippen LogP contribution in [0, 0.1) is 11.6 Å². The number of nitrogens with one attached hydrogen (secondary N) is 1. The number of halogens is 2. The lowest BCUT2D eigenvalue weighted by atomic mass is 10.1. The molecule has 0 spiro atoms. The van der Waals surface area contributed by atoms with Crippen LogP contribution in [0.3, 0.4) is 0 Å². The van der Waals surface area contributed by atoms with Crippen molar-refractivity contribution in [3.8, 4) is 0 Å². The molecule has 0 aliphatic heterocycles. The van der Waals surface area contributed by atoms with Crippen molar-refractivity contribution in [3.05, 3.63) is 71.3 Å². The van der Waals surface area contributed by atoms with E-state index in [1.807, 2.05) is 0 Å². The molecule has 1 N–H and O–H groups in total. The highest BCUT2D eigenvalue weighted by Gasteiger charge is 2.14. The fourth-order valence-corrected chi connectivity index (χ4v) is 2.05. The number of hydrogen-bond donors (Lipinski definition) is 1. The Hall–Kier alpha value is -3.35. The smallest absolute Gasteiger partial charge is 0.331 e. The number of ether oxygens (including phenoxy) is 1. The Kier molecular flexibility index (Phi) is 6.32. The molecular weight excluding hydrogens is 344 g/mol. The monoisotopic (exact) mass is 359 g/mol. The summed E-state index contributed by atoms with van der Waals surface area (Å²) in [5.74, 6) is -3.34. The molecule has 0 aliphatic carbocycles. The van der Waals surface area contributed by atoms with Crippen LogP contribution in [0.1, 0.15) is 22.8 Å². The molecule has 0 bridgehead atoms. The molecule has 0 radical (unpaired) electrons. The molecule has 1 amide bonds. The predicted octanol–water partition coefficient (Wildman–Crippen LogP) is 3.36. The van der Waals surface area contributed by atoms with E-state index < -0.39 is 30.0 Å². The fraction of sp³-hybridized carbons (Fsp3) is 0.105. The van der Waals surface area contributed by atoms with Crippen molar-refractivity contribution in [1.82, 2.24) is 0 Å². The Bertz CT molecular complexity index is 878. The zero-order valence-corrected chi connectivity index (χ0v) is 13.8. The van der Waals surface area contributed by atoms with E-state index in [2.05, 4.69) is 5.32 Å². The van der Waals surface area contributed by atoms with Crippen LogP contribution >= 0.6 is 0 Å². The summed E-state index contributed by atoms with van der Waals surface area (Å²) >= 11 is 0. The molecular formula is C19H15F2NO4. The summed E-state index contributed by atoms with van der Waals surface area (Å²) in [6.07, 6.45) is 2.19. The van der Waals surface area contributed by atoms with E-state index in [0.717, 1.165) is 12.1 Å². The summed E-state index contributed by atoms with van der Waals surface area (Å²) in [5.41, 5.74) is 0.122. The molecule has 0 heterocycles. The molecule has 2 rings (SSSR count). The Morgan fingerprint density at radius 3 is 2.46 bits per heavy atom. The van der Waals surface area contributed by atoms with Gasteiger partial charge in [-0.25, -0.2) is 13.6 Å². The van der Waals surface area contributed by atoms with Crippen LogP contribution in [0.4, 0.5) is 14.5 Å². The van der Waals surface area contributed by atoms with Crippen LogP contribution in [-0.2, 0) is 14.3 Å². The zero-order chi connectivity index (χ0) is 19.1. The number of Topliss-reactive ketones (excluding diaryl/α,β-unsaturated/α-hetero) is 1. The number of carbonyl (C=O) groups is 3. The van der Waals surface area contributed by atoms with Crippen molar-refractivity contribution in [2.75, 3.05) is 11.9 Å². The molecule has 134 valence electrons. The zero-order valence-electron chi connectivity index (χ0n) is 13.8. The van der Waals surface area contributed by atoms with Crippen molar-refractivity contribution < 1.29 is 27.9 Å². The second kappa shape index (κ2) is 8.66. The number of hydrogen-bond acceptors (Lipinski definition) is 4. The van der Waals surface area contributed by atoms with Gasteiger partial charge in [-0.15, -0.1) is 0 Å². The first-order valence-corrected chi connectivity index (χ1v) is 7.56. The predicted molar refractivity (Wildman–Crippen MR) is 91.4 cm³/mol. The minimum atomic E-state index is -0.864. The molecule has 0 saturated carbocycles. The van der Waals surface area contributed by atoms with Gasteiger partial charge in [0.05, 0.1) is 5.56 Å². The molecule has 0 atom stereocenters. The number of amides is 1. The van der Waals surface area contributed by atoms with Crippen molar-refractivity contribution in [2.45, 2.75) is 6.92 Å². The van der Waals surface area contributed by atoms with E-state index >= 15 is 0 Å². The van der Waals surface area contributed by atoms with E-state index in [4.69, 9.17) is 4.74 Å². The summed E-state index contributed by atoms with van der Waals surface area (Å²) in [4.78, 5) is 34.5. The van der Waals surface area contributed by atoms with E-state index in [9.17, 15) is 23.2 Å². The summed E-state index contributed by atoms with van der Waals surface area (Å²) in [6, 6.07) is 9.36. The molecule has 5 nitrogen and oxygen atoms in total. The first-order chi connectivity index (χ1) is 12.4. The van der Waals surface area contributed by atoms with E-state index in [0.29, 0.717) is 0 Å². The van der Waals surface area contributed by atoms with Crippen LogP contribution in [0.15, 0.2) is 48.5 Å². The summed E-state index contributed by atoms with van der Waals surface area (Å²) in [5, 5.41) is 2.38. The lowest BCUT2D eigenvalue weighted by molar-refractivity contribution is -0.136. The minimum absolute atomic E-state index is 0.190. The van der Waals surface area contributed by atoms with Gasteiger partial charge in [0.15, 0.2) is 6.61 Å². The van der Waals surface area contributed by atoms with Gasteiger partial charge in [-0.05, 0) is 30.3 Å². The van der Waals surface area contributed by atoms with Crippen molar-refractivity contribution in [1.29, 1.82) is 0 Å². The second-order valence-corrected chi connectivity index (χ2v) is 5.26. The number of rotatable bonds is 6. The van der Waals surface area contributed by atoms with Crippen LogP contribution < -0.4 is 5.32 Å². The number of esters is 1. The largest absolute Gasteiger partial charge is 0.454 e. The Morgan fingerprint density at radius 2 is 1.81 bits per heavy atom. The summed E-state index contributed by atoms with van der Waals surface area (Å²) in [6.45, 7) is 0.599. The van der Waals surface area contributed by atoms with Gasteiger partial charge in [0.1, 0.15) is 11.6 Å².